The normalized spacial score (nSPS) is 12.0. The molecule has 0 aromatic carbocycles. The van der Waals surface area contributed by atoms with Gasteiger partial charge in [-0.05, 0) is 14.0 Å². The fourth-order valence-electron chi connectivity index (χ4n) is 1.64. The highest BCUT2D eigenvalue weighted by Gasteiger charge is 2.15. The Bertz CT molecular complexity index is 429. The van der Waals surface area contributed by atoms with E-state index in [9.17, 15) is 0 Å². The Morgan fingerprint density at radius 2 is 2.17 bits per heavy atom. The Labute approximate surface area is 108 Å². The third-order valence-electron chi connectivity index (χ3n) is 2.90. The van der Waals surface area contributed by atoms with Crippen LogP contribution in [0.15, 0.2) is 12.3 Å². The van der Waals surface area contributed by atoms with Crippen LogP contribution in [-0.2, 0) is 6.54 Å². The zero-order valence-corrected chi connectivity index (χ0v) is 11.3. The maximum atomic E-state index is 8.70. The van der Waals surface area contributed by atoms with Crippen LogP contribution >= 0.6 is 0 Å². The lowest BCUT2D eigenvalue weighted by Gasteiger charge is -2.23. The third-order valence-corrected chi connectivity index (χ3v) is 2.90. The number of nitriles is 1. The van der Waals surface area contributed by atoms with Gasteiger partial charge in [0, 0.05) is 24.8 Å². The predicted octanol–water partition coefficient (Wildman–Crippen LogP) is 1.83. The Hall–Kier alpha value is -1.80. The van der Waals surface area contributed by atoms with Crippen LogP contribution in [0.5, 0.6) is 11.5 Å². The molecule has 0 N–H and O–H groups in total. The van der Waals surface area contributed by atoms with Crippen LogP contribution in [-0.4, -0.2) is 37.2 Å². The van der Waals surface area contributed by atoms with Crippen molar-refractivity contribution < 1.29 is 9.47 Å². The first kappa shape index (κ1) is 14.3. The van der Waals surface area contributed by atoms with Gasteiger partial charge in [0.25, 0.3) is 0 Å². The minimum atomic E-state index is 0.174. The summed E-state index contributed by atoms with van der Waals surface area (Å²) in [6, 6.07) is 4.11. The van der Waals surface area contributed by atoms with Crippen molar-refractivity contribution in [2.75, 3.05) is 21.3 Å². The maximum Gasteiger partial charge on any atom is 0.183 e. The van der Waals surface area contributed by atoms with Crippen molar-refractivity contribution in [2.24, 2.45) is 0 Å². The molecule has 0 saturated carbocycles. The Kier molecular flexibility index (Phi) is 5.40. The first-order chi connectivity index (χ1) is 8.63. The van der Waals surface area contributed by atoms with Crippen molar-refractivity contribution in [3.63, 3.8) is 0 Å². The summed E-state index contributed by atoms with van der Waals surface area (Å²) in [6.45, 7) is 2.62. The third kappa shape index (κ3) is 3.34. The molecule has 18 heavy (non-hydrogen) atoms. The van der Waals surface area contributed by atoms with E-state index in [1.165, 1.54) is 0 Å². The highest BCUT2D eigenvalue weighted by atomic mass is 16.5. The molecule has 0 radical (unpaired) electrons. The summed E-state index contributed by atoms with van der Waals surface area (Å²) < 4.78 is 10.6. The molecule has 1 heterocycles. The van der Waals surface area contributed by atoms with Crippen LogP contribution < -0.4 is 9.47 Å². The van der Waals surface area contributed by atoms with Gasteiger partial charge in [0.2, 0.25) is 0 Å². The van der Waals surface area contributed by atoms with E-state index < -0.39 is 0 Å². The van der Waals surface area contributed by atoms with Crippen LogP contribution in [0.3, 0.4) is 0 Å². The lowest BCUT2D eigenvalue weighted by molar-refractivity contribution is 0.243. The Balaban J connectivity index is 2.87. The number of rotatable bonds is 6. The fourth-order valence-corrected chi connectivity index (χ4v) is 1.64. The molecule has 0 fully saturated rings. The van der Waals surface area contributed by atoms with E-state index in [2.05, 4.69) is 16.0 Å². The molecule has 1 atom stereocenters. The van der Waals surface area contributed by atoms with Gasteiger partial charge < -0.3 is 9.47 Å². The molecule has 0 spiro atoms. The molecule has 1 unspecified atom stereocenters. The smallest absolute Gasteiger partial charge is 0.183 e. The van der Waals surface area contributed by atoms with Crippen molar-refractivity contribution in [3.8, 4) is 17.6 Å². The molecule has 98 valence electrons. The van der Waals surface area contributed by atoms with Crippen LogP contribution in [0.4, 0.5) is 0 Å². The highest BCUT2D eigenvalue weighted by molar-refractivity contribution is 5.42. The minimum absolute atomic E-state index is 0.174. The molecule has 5 nitrogen and oxygen atoms in total. The van der Waals surface area contributed by atoms with Crippen molar-refractivity contribution in [1.82, 2.24) is 9.88 Å². The quantitative estimate of drug-likeness (QED) is 0.769. The van der Waals surface area contributed by atoms with E-state index in [4.69, 9.17) is 14.7 Å². The first-order valence-electron chi connectivity index (χ1n) is 5.77. The maximum absolute atomic E-state index is 8.70. The second-order valence-electron chi connectivity index (χ2n) is 4.12. The van der Waals surface area contributed by atoms with Crippen molar-refractivity contribution >= 4 is 0 Å². The zero-order valence-electron chi connectivity index (χ0n) is 11.3. The molecule has 5 heteroatoms. The number of pyridine rings is 1. The van der Waals surface area contributed by atoms with Gasteiger partial charge in [-0.3, -0.25) is 9.88 Å². The van der Waals surface area contributed by atoms with Gasteiger partial charge in [-0.25, -0.2) is 0 Å². The molecule has 0 aliphatic rings. The second kappa shape index (κ2) is 6.82. The summed E-state index contributed by atoms with van der Waals surface area (Å²) in [7, 11) is 5.16. The lowest BCUT2D eigenvalue weighted by atomic mass is 10.2. The van der Waals surface area contributed by atoms with Crippen LogP contribution in [0.2, 0.25) is 0 Å². The molecule has 0 aliphatic heterocycles. The van der Waals surface area contributed by atoms with E-state index in [-0.39, 0.29) is 6.04 Å². The molecule has 1 aromatic rings. The molecule has 0 bridgehead atoms. The van der Waals surface area contributed by atoms with Gasteiger partial charge >= 0.3 is 0 Å². The summed E-state index contributed by atoms with van der Waals surface area (Å²) >= 11 is 0. The fraction of sp³-hybridized carbons (Fsp3) is 0.538. The molecule has 1 rings (SSSR count). The van der Waals surface area contributed by atoms with Gasteiger partial charge in [-0.1, -0.05) is 0 Å². The largest absolute Gasteiger partial charge is 0.493 e. The van der Waals surface area contributed by atoms with Gasteiger partial charge in [0.1, 0.15) is 5.69 Å². The van der Waals surface area contributed by atoms with Crippen LogP contribution in [0.1, 0.15) is 19.0 Å². The second-order valence-corrected chi connectivity index (χ2v) is 4.12. The standard InChI is InChI=1S/C13H19N3O2/c1-10(5-7-14)16(2)9-11-13(18-4)12(17-3)6-8-15-11/h6,8,10H,5,9H2,1-4H3. The van der Waals surface area contributed by atoms with Gasteiger partial charge in [0.05, 0.1) is 26.7 Å². The number of ether oxygens (including phenoxy) is 2. The van der Waals surface area contributed by atoms with E-state index in [0.29, 0.717) is 24.5 Å². The van der Waals surface area contributed by atoms with Crippen molar-refractivity contribution in [2.45, 2.75) is 25.9 Å². The molecular weight excluding hydrogens is 230 g/mol. The molecule has 1 aromatic heterocycles. The Morgan fingerprint density at radius 1 is 1.44 bits per heavy atom. The summed E-state index contributed by atoms with van der Waals surface area (Å²) in [6.07, 6.45) is 2.18. The molecule has 0 aliphatic carbocycles. The predicted molar refractivity (Wildman–Crippen MR) is 68.5 cm³/mol. The van der Waals surface area contributed by atoms with E-state index in [1.54, 1.807) is 26.5 Å². The van der Waals surface area contributed by atoms with Crippen molar-refractivity contribution in [1.29, 1.82) is 5.26 Å². The monoisotopic (exact) mass is 249 g/mol. The van der Waals surface area contributed by atoms with E-state index in [1.807, 2.05) is 14.0 Å². The first-order valence-corrected chi connectivity index (χ1v) is 5.77. The van der Waals surface area contributed by atoms with Gasteiger partial charge in [-0.2, -0.15) is 5.26 Å². The summed E-state index contributed by atoms with van der Waals surface area (Å²) in [5.74, 6) is 1.32. The van der Waals surface area contributed by atoms with E-state index in [0.717, 1.165) is 5.69 Å². The van der Waals surface area contributed by atoms with Crippen LogP contribution in [0, 0.1) is 11.3 Å². The lowest BCUT2D eigenvalue weighted by Crippen LogP contribution is -2.28. The molecule has 0 amide bonds. The molecular formula is C13H19N3O2. The topological polar surface area (TPSA) is 58.4 Å². The summed E-state index contributed by atoms with van der Waals surface area (Å²) in [5, 5.41) is 8.70. The van der Waals surface area contributed by atoms with Crippen LogP contribution in [0.25, 0.3) is 0 Å². The molecule has 0 saturated heterocycles. The van der Waals surface area contributed by atoms with Gasteiger partial charge in [-0.15, -0.1) is 0 Å². The van der Waals surface area contributed by atoms with Crippen molar-refractivity contribution in [3.05, 3.63) is 18.0 Å². The number of aromatic nitrogens is 1. The Morgan fingerprint density at radius 3 is 2.72 bits per heavy atom. The number of hydrogen-bond donors (Lipinski definition) is 0. The average molecular weight is 249 g/mol. The summed E-state index contributed by atoms with van der Waals surface area (Å²) in [5.41, 5.74) is 0.809. The highest BCUT2D eigenvalue weighted by Crippen LogP contribution is 2.29. The minimum Gasteiger partial charge on any atom is -0.493 e. The zero-order chi connectivity index (χ0) is 13.5. The summed E-state index contributed by atoms with van der Waals surface area (Å²) in [4.78, 5) is 6.37. The average Bonchev–Trinajstić information content (AvgIpc) is 2.38. The van der Waals surface area contributed by atoms with E-state index >= 15 is 0 Å². The number of methoxy groups -OCH3 is 2. The van der Waals surface area contributed by atoms with Gasteiger partial charge in [0.15, 0.2) is 11.5 Å². The number of nitrogens with zero attached hydrogens (tertiary/aromatic N) is 3. The SMILES string of the molecule is COc1ccnc(CN(C)C(C)CC#N)c1OC. The number of hydrogen-bond acceptors (Lipinski definition) is 5.